The van der Waals surface area contributed by atoms with Crippen LogP contribution in [0.15, 0.2) is 34.9 Å². The number of oxazole rings is 1. The van der Waals surface area contributed by atoms with Crippen LogP contribution in [-0.2, 0) is 16.0 Å². The van der Waals surface area contributed by atoms with Gasteiger partial charge in [-0.15, -0.1) is 0 Å². The van der Waals surface area contributed by atoms with Crippen LogP contribution < -0.4 is 5.73 Å². The van der Waals surface area contributed by atoms with Crippen molar-refractivity contribution in [3.63, 3.8) is 0 Å². The Kier molecular flexibility index (Phi) is 4.85. The van der Waals surface area contributed by atoms with Crippen LogP contribution >= 0.6 is 11.6 Å². The fraction of sp³-hybridized carbons (Fsp3) is 0.353. The van der Waals surface area contributed by atoms with Gasteiger partial charge in [0.25, 0.3) is 0 Å². The first kappa shape index (κ1) is 16.5. The Morgan fingerprint density at radius 3 is 2.75 bits per heavy atom. The zero-order valence-corrected chi connectivity index (χ0v) is 13.8. The van der Waals surface area contributed by atoms with E-state index >= 15 is 0 Å². The lowest BCUT2D eigenvalue weighted by Crippen LogP contribution is -2.31. The van der Waals surface area contributed by atoms with E-state index in [9.17, 15) is 9.59 Å². The van der Waals surface area contributed by atoms with Gasteiger partial charge in [-0.3, -0.25) is 9.59 Å². The zero-order chi connectivity index (χ0) is 17.1. The Bertz CT molecular complexity index is 742. The van der Waals surface area contributed by atoms with Crippen molar-refractivity contribution < 1.29 is 14.0 Å². The van der Waals surface area contributed by atoms with Crippen LogP contribution in [0, 0.1) is 5.92 Å². The number of aromatic nitrogens is 1. The summed E-state index contributed by atoms with van der Waals surface area (Å²) in [6, 6.07) is 7.27. The number of likely N-dealkylation sites (tertiary alicyclic amines) is 1. The van der Waals surface area contributed by atoms with E-state index in [0.29, 0.717) is 49.0 Å². The molecule has 0 spiro atoms. The maximum atomic E-state index is 12.2. The summed E-state index contributed by atoms with van der Waals surface area (Å²) in [6.45, 7) is 0.990. The summed E-state index contributed by atoms with van der Waals surface area (Å²) < 4.78 is 5.68. The molecule has 0 radical (unpaired) electrons. The first-order valence-corrected chi connectivity index (χ1v) is 8.18. The maximum Gasteiger partial charge on any atom is 0.223 e. The predicted octanol–water partition coefficient (Wildman–Crippen LogP) is 2.26. The van der Waals surface area contributed by atoms with Crippen LogP contribution in [0.2, 0.25) is 5.02 Å². The smallest absolute Gasteiger partial charge is 0.223 e. The van der Waals surface area contributed by atoms with E-state index in [1.165, 1.54) is 0 Å². The third-order valence-corrected chi connectivity index (χ3v) is 4.43. The molecule has 2 heterocycles. The molecule has 0 aliphatic carbocycles. The summed E-state index contributed by atoms with van der Waals surface area (Å²) in [6.07, 6.45) is 3.00. The highest BCUT2D eigenvalue weighted by Gasteiger charge is 2.29. The van der Waals surface area contributed by atoms with Crippen LogP contribution in [0.4, 0.5) is 0 Å². The van der Waals surface area contributed by atoms with Crippen LogP contribution in [-0.4, -0.2) is 34.8 Å². The highest BCUT2D eigenvalue weighted by atomic mass is 35.5. The van der Waals surface area contributed by atoms with Gasteiger partial charge in [0.15, 0.2) is 11.7 Å². The minimum atomic E-state index is -0.342. The van der Waals surface area contributed by atoms with Crippen molar-refractivity contribution in [1.82, 2.24) is 9.88 Å². The van der Waals surface area contributed by atoms with E-state index in [4.69, 9.17) is 21.8 Å². The van der Waals surface area contributed by atoms with Gasteiger partial charge in [-0.25, -0.2) is 4.98 Å². The van der Waals surface area contributed by atoms with Gasteiger partial charge in [0.2, 0.25) is 11.8 Å². The normalized spacial score (nSPS) is 17.2. The first-order valence-electron chi connectivity index (χ1n) is 7.80. The number of hydrogen-bond donors (Lipinski definition) is 1. The molecule has 6 nitrogen and oxygen atoms in total. The van der Waals surface area contributed by atoms with Crippen LogP contribution in [0.1, 0.15) is 18.7 Å². The summed E-state index contributed by atoms with van der Waals surface area (Å²) >= 11 is 5.86. The number of hydrogen-bond acceptors (Lipinski definition) is 4. The number of aryl methyl sites for hydroxylation is 1. The number of halogens is 1. The number of nitrogens with zero attached hydrogens (tertiary/aromatic N) is 2. The van der Waals surface area contributed by atoms with Gasteiger partial charge < -0.3 is 15.1 Å². The number of carbonyl (C=O) groups excluding carboxylic acids is 2. The summed E-state index contributed by atoms with van der Waals surface area (Å²) in [5.74, 6) is 0.575. The largest absolute Gasteiger partial charge is 0.441 e. The fourth-order valence-corrected chi connectivity index (χ4v) is 2.89. The van der Waals surface area contributed by atoms with E-state index in [0.717, 1.165) is 5.56 Å². The van der Waals surface area contributed by atoms with Crippen LogP contribution in [0.25, 0.3) is 11.3 Å². The minimum absolute atomic E-state index is 0.00927. The molecule has 1 fully saturated rings. The molecule has 0 saturated carbocycles. The Labute approximate surface area is 144 Å². The van der Waals surface area contributed by atoms with E-state index < -0.39 is 0 Å². The molecule has 2 amide bonds. The lowest BCUT2D eigenvalue weighted by molar-refractivity contribution is -0.130. The Morgan fingerprint density at radius 2 is 2.08 bits per heavy atom. The SMILES string of the molecule is NC(=O)[C@H]1CCN(C(=O)CCc2ncc(-c3ccc(Cl)cc3)o2)C1. The van der Waals surface area contributed by atoms with Gasteiger partial charge >= 0.3 is 0 Å². The number of benzene rings is 1. The predicted molar refractivity (Wildman–Crippen MR) is 89.2 cm³/mol. The molecule has 126 valence electrons. The minimum Gasteiger partial charge on any atom is -0.441 e. The molecule has 1 aromatic heterocycles. The lowest BCUT2D eigenvalue weighted by atomic mass is 10.1. The van der Waals surface area contributed by atoms with Crippen molar-refractivity contribution in [2.24, 2.45) is 11.7 Å². The number of amides is 2. The van der Waals surface area contributed by atoms with Gasteiger partial charge in [-0.2, -0.15) is 0 Å². The molecular weight excluding hydrogens is 330 g/mol. The number of rotatable bonds is 5. The molecule has 2 aromatic rings. The van der Waals surface area contributed by atoms with E-state index in [1.54, 1.807) is 23.2 Å². The second-order valence-electron chi connectivity index (χ2n) is 5.85. The Morgan fingerprint density at radius 1 is 1.33 bits per heavy atom. The summed E-state index contributed by atoms with van der Waals surface area (Å²) in [5.41, 5.74) is 6.17. The number of primary amides is 1. The highest BCUT2D eigenvalue weighted by Crippen LogP contribution is 2.23. The van der Waals surface area contributed by atoms with Crippen molar-refractivity contribution in [2.75, 3.05) is 13.1 Å². The second kappa shape index (κ2) is 7.05. The Balaban J connectivity index is 1.55. The average molecular weight is 348 g/mol. The monoisotopic (exact) mass is 347 g/mol. The van der Waals surface area contributed by atoms with Crippen molar-refractivity contribution in [3.8, 4) is 11.3 Å². The van der Waals surface area contributed by atoms with Gasteiger partial charge in [0.1, 0.15) is 0 Å². The third kappa shape index (κ3) is 3.76. The standard InChI is InChI=1S/C17H18ClN3O3/c18-13-3-1-11(2-4-13)14-9-20-15(24-14)5-6-16(22)21-8-7-12(10-21)17(19)23/h1-4,9,12H,5-8,10H2,(H2,19,23)/t12-/m0/s1. The molecule has 1 atom stereocenters. The van der Waals surface area contributed by atoms with Gasteiger partial charge in [-0.1, -0.05) is 11.6 Å². The summed E-state index contributed by atoms with van der Waals surface area (Å²) in [7, 11) is 0. The lowest BCUT2D eigenvalue weighted by Gasteiger charge is -2.15. The zero-order valence-electron chi connectivity index (χ0n) is 13.1. The fourth-order valence-electron chi connectivity index (χ4n) is 2.76. The van der Waals surface area contributed by atoms with Crippen molar-refractivity contribution in [3.05, 3.63) is 41.4 Å². The van der Waals surface area contributed by atoms with Gasteiger partial charge in [0.05, 0.1) is 12.1 Å². The summed E-state index contributed by atoms with van der Waals surface area (Å²) in [5, 5.41) is 0.656. The van der Waals surface area contributed by atoms with E-state index in [-0.39, 0.29) is 17.7 Å². The number of carbonyl (C=O) groups is 2. The highest BCUT2D eigenvalue weighted by molar-refractivity contribution is 6.30. The second-order valence-corrected chi connectivity index (χ2v) is 6.29. The van der Waals surface area contributed by atoms with E-state index in [1.807, 2.05) is 12.1 Å². The molecule has 3 rings (SSSR count). The molecule has 7 heteroatoms. The molecule has 0 unspecified atom stereocenters. The number of nitrogens with two attached hydrogens (primary N) is 1. The van der Waals surface area contributed by atoms with Crippen LogP contribution in [0.5, 0.6) is 0 Å². The first-order chi connectivity index (χ1) is 11.5. The third-order valence-electron chi connectivity index (χ3n) is 4.18. The topological polar surface area (TPSA) is 89.4 Å². The molecule has 1 aliphatic heterocycles. The van der Waals surface area contributed by atoms with Crippen molar-refractivity contribution >= 4 is 23.4 Å². The molecular formula is C17H18ClN3O3. The molecule has 1 saturated heterocycles. The molecule has 2 N–H and O–H groups in total. The average Bonchev–Trinajstić information content (AvgIpc) is 3.23. The molecule has 24 heavy (non-hydrogen) atoms. The molecule has 0 bridgehead atoms. The molecule has 1 aromatic carbocycles. The van der Waals surface area contributed by atoms with Gasteiger partial charge in [0, 0.05) is 36.5 Å². The van der Waals surface area contributed by atoms with E-state index in [2.05, 4.69) is 4.98 Å². The Hall–Kier alpha value is -2.34. The maximum absolute atomic E-state index is 12.2. The summed E-state index contributed by atoms with van der Waals surface area (Å²) in [4.78, 5) is 29.2. The van der Waals surface area contributed by atoms with Crippen LogP contribution in [0.3, 0.4) is 0 Å². The molecule has 1 aliphatic rings. The van der Waals surface area contributed by atoms with Crippen molar-refractivity contribution in [2.45, 2.75) is 19.3 Å². The quantitative estimate of drug-likeness (QED) is 0.898. The van der Waals surface area contributed by atoms with Gasteiger partial charge in [-0.05, 0) is 30.7 Å². The van der Waals surface area contributed by atoms with Crippen molar-refractivity contribution in [1.29, 1.82) is 0 Å².